The number of rotatable bonds is 18. The van der Waals surface area contributed by atoms with Crippen molar-refractivity contribution < 1.29 is 9.30 Å². The Labute approximate surface area is 168 Å². The molecule has 0 N–H and O–H groups in total. The molecule has 2 nitrogen and oxygen atoms in total. The standard InChI is InChI=1S/C24H43O2P/c1-3-5-7-14-20-27(25,21-15-8-6-4-2)22-16-10-13-19-26-23-24-17-11-9-12-18-24/h9,11-12,17-18H,3-8,10,13-16,19-23H2,1-2H3. The van der Waals surface area contributed by atoms with Gasteiger partial charge in [0.15, 0.2) is 0 Å². The highest BCUT2D eigenvalue weighted by Gasteiger charge is 2.20. The van der Waals surface area contributed by atoms with Crippen LogP contribution in [0.25, 0.3) is 0 Å². The molecule has 0 aliphatic carbocycles. The molecule has 0 atom stereocenters. The van der Waals surface area contributed by atoms with Gasteiger partial charge in [0.2, 0.25) is 0 Å². The van der Waals surface area contributed by atoms with Crippen molar-refractivity contribution in [3.8, 4) is 0 Å². The molecule has 0 aliphatic rings. The quantitative estimate of drug-likeness (QED) is 0.187. The van der Waals surface area contributed by atoms with Crippen molar-refractivity contribution >= 4 is 7.14 Å². The van der Waals surface area contributed by atoms with Gasteiger partial charge >= 0.3 is 0 Å². The number of unbranched alkanes of at least 4 members (excludes halogenated alkanes) is 8. The van der Waals surface area contributed by atoms with E-state index in [9.17, 15) is 4.57 Å². The van der Waals surface area contributed by atoms with Gasteiger partial charge in [0, 0.05) is 25.1 Å². The summed E-state index contributed by atoms with van der Waals surface area (Å²) in [7, 11) is -1.94. The molecule has 0 bridgehead atoms. The van der Waals surface area contributed by atoms with E-state index in [0.717, 1.165) is 44.4 Å². The SMILES string of the molecule is CCCCCCP(=O)(CCCCCC)CCCCCOCc1ccccc1. The maximum atomic E-state index is 13.4. The zero-order valence-corrected chi connectivity index (χ0v) is 18.9. The fraction of sp³-hybridized carbons (Fsp3) is 0.750. The minimum atomic E-state index is -1.94. The third kappa shape index (κ3) is 13.3. The molecule has 1 aromatic carbocycles. The minimum Gasteiger partial charge on any atom is -0.377 e. The molecule has 0 unspecified atom stereocenters. The summed E-state index contributed by atoms with van der Waals surface area (Å²) in [6, 6.07) is 10.3. The van der Waals surface area contributed by atoms with Gasteiger partial charge in [-0.2, -0.15) is 0 Å². The highest BCUT2D eigenvalue weighted by molar-refractivity contribution is 7.63. The molecule has 1 aromatic rings. The topological polar surface area (TPSA) is 26.3 Å². The van der Waals surface area contributed by atoms with Crippen LogP contribution in [0, 0.1) is 0 Å². The van der Waals surface area contributed by atoms with E-state index in [-0.39, 0.29) is 0 Å². The Morgan fingerprint density at radius 1 is 0.704 bits per heavy atom. The first-order valence-corrected chi connectivity index (χ1v) is 13.6. The van der Waals surface area contributed by atoms with E-state index in [2.05, 4.69) is 38.1 Å². The van der Waals surface area contributed by atoms with Gasteiger partial charge in [0.05, 0.1) is 13.7 Å². The lowest BCUT2D eigenvalue weighted by Gasteiger charge is -2.18. The third-order valence-electron chi connectivity index (χ3n) is 5.30. The summed E-state index contributed by atoms with van der Waals surface area (Å²) in [4.78, 5) is 0. The van der Waals surface area contributed by atoms with Gasteiger partial charge in [0.1, 0.15) is 0 Å². The van der Waals surface area contributed by atoms with Crippen molar-refractivity contribution in [3.63, 3.8) is 0 Å². The first-order chi connectivity index (χ1) is 13.2. The molecule has 3 heteroatoms. The van der Waals surface area contributed by atoms with Crippen LogP contribution in [-0.4, -0.2) is 25.1 Å². The highest BCUT2D eigenvalue weighted by atomic mass is 31.2. The summed E-state index contributed by atoms with van der Waals surface area (Å²) >= 11 is 0. The predicted molar refractivity (Wildman–Crippen MR) is 120 cm³/mol. The summed E-state index contributed by atoms with van der Waals surface area (Å²) < 4.78 is 19.1. The van der Waals surface area contributed by atoms with Crippen molar-refractivity contribution in [1.82, 2.24) is 0 Å². The molecule has 1 rings (SSSR count). The molecule has 0 aromatic heterocycles. The predicted octanol–water partition coefficient (Wildman–Crippen LogP) is 7.90. The lowest BCUT2D eigenvalue weighted by atomic mass is 10.2. The Morgan fingerprint density at radius 2 is 1.22 bits per heavy atom. The fourth-order valence-corrected chi connectivity index (χ4v) is 6.60. The van der Waals surface area contributed by atoms with Crippen LogP contribution in [0.1, 0.15) is 90.0 Å². The zero-order chi connectivity index (χ0) is 19.6. The lowest BCUT2D eigenvalue weighted by molar-refractivity contribution is 0.117. The fourth-order valence-electron chi connectivity index (χ4n) is 3.53. The number of ether oxygens (including phenoxy) is 1. The van der Waals surface area contributed by atoms with Gasteiger partial charge in [-0.25, -0.2) is 0 Å². The van der Waals surface area contributed by atoms with Crippen molar-refractivity contribution in [3.05, 3.63) is 35.9 Å². The highest BCUT2D eigenvalue weighted by Crippen LogP contribution is 2.48. The maximum Gasteiger partial charge on any atom is 0.0877 e. The second-order valence-corrected chi connectivity index (χ2v) is 11.4. The number of hydrogen-bond acceptors (Lipinski definition) is 2. The smallest absolute Gasteiger partial charge is 0.0877 e. The normalized spacial score (nSPS) is 11.8. The first-order valence-electron chi connectivity index (χ1n) is 11.4. The van der Waals surface area contributed by atoms with Crippen LogP contribution in [0.3, 0.4) is 0 Å². The van der Waals surface area contributed by atoms with Gasteiger partial charge in [0.25, 0.3) is 0 Å². The molecule has 0 heterocycles. The van der Waals surface area contributed by atoms with Crippen molar-refractivity contribution in [2.45, 2.75) is 91.1 Å². The molecule has 0 saturated carbocycles. The minimum absolute atomic E-state index is 0.703. The molecule has 0 saturated heterocycles. The van der Waals surface area contributed by atoms with Crippen LogP contribution in [0.15, 0.2) is 30.3 Å². The number of hydrogen-bond donors (Lipinski definition) is 0. The Hall–Kier alpha value is -0.590. The van der Waals surface area contributed by atoms with Crippen molar-refractivity contribution in [2.75, 3.05) is 25.1 Å². The van der Waals surface area contributed by atoms with Gasteiger partial charge in [-0.3, -0.25) is 0 Å². The molecule has 27 heavy (non-hydrogen) atoms. The second kappa shape index (κ2) is 16.4. The second-order valence-electron chi connectivity index (χ2n) is 7.95. The van der Waals surface area contributed by atoms with E-state index in [1.165, 1.54) is 56.9 Å². The molecule has 0 aliphatic heterocycles. The monoisotopic (exact) mass is 394 g/mol. The lowest BCUT2D eigenvalue weighted by Crippen LogP contribution is -2.02. The van der Waals surface area contributed by atoms with E-state index >= 15 is 0 Å². The summed E-state index contributed by atoms with van der Waals surface area (Å²) in [6.45, 7) is 5.99. The van der Waals surface area contributed by atoms with Crippen molar-refractivity contribution in [1.29, 1.82) is 0 Å². The van der Waals surface area contributed by atoms with E-state index in [1.54, 1.807) is 0 Å². The van der Waals surface area contributed by atoms with Crippen LogP contribution < -0.4 is 0 Å². The molecule has 0 amide bonds. The molecule has 0 fully saturated rings. The van der Waals surface area contributed by atoms with Crippen molar-refractivity contribution in [2.24, 2.45) is 0 Å². The zero-order valence-electron chi connectivity index (χ0n) is 18.0. The van der Waals surface area contributed by atoms with E-state index in [4.69, 9.17) is 4.74 Å². The van der Waals surface area contributed by atoms with Gasteiger partial charge in [-0.1, -0.05) is 89.1 Å². The Bertz CT molecular complexity index is 470. The maximum absolute atomic E-state index is 13.4. The van der Waals surface area contributed by atoms with E-state index < -0.39 is 7.14 Å². The third-order valence-corrected chi connectivity index (χ3v) is 8.70. The van der Waals surface area contributed by atoms with Crippen LogP contribution in [0.5, 0.6) is 0 Å². The molecule has 156 valence electrons. The first kappa shape index (κ1) is 24.4. The molecule has 0 spiro atoms. The van der Waals surface area contributed by atoms with Crippen LogP contribution in [-0.2, 0) is 15.9 Å². The number of benzene rings is 1. The summed E-state index contributed by atoms with van der Waals surface area (Å²) in [5.74, 6) is 0. The summed E-state index contributed by atoms with van der Waals surface area (Å²) in [5, 5.41) is 0. The largest absolute Gasteiger partial charge is 0.377 e. The van der Waals surface area contributed by atoms with Gasteiger partial charge in [-0.15, -0.1) is 0 Å². The van der Waals surface area contributed by atoms with Gasteiger partial charge < -0.3 is 9.30 Å². The summed E-state index contributed by atoms with van der Waals surface area (Å²) in [6.07, 6.45) is 16.2. The van der Waals surface area contributed by atoms with Gasteiger partial charge in [-0.05, 0) is 31.2 Å². The van der Waals surface area contributed by atoms with Crippen LogP contribution >= 0.6 is 7.14 Å². The van der Waals surface area contributed by atoms with Crippen LogP contribution in [0.4, 0.5) is 0 Å². The average Bonchev–Trinajstić information content (AvgIpc) is 2.69. The molecule has 0 radical (unpaired) electrons. The molecular weight excluding hydrogens is 351 g/mol. The summed E-state index contributed by atoms with van der Waals surface area (Å²) in [5.41, 5.74) is 1.24. The molecular formula is C24H43O2P. The Morgan fingerprint density at radius 3 is 1.74 bits per heavy atom. The van der Waals surface area contributed by atoms with E-state index in [1.807, 2.05) is 6.07 Å². The Balaban J connectivity index is 2.19. The van der Waals surface area contributed by atoms with Crippen LogP contribution in [0.2, 0.25) is 0 Å². The van der Waals surface area contributed by atoms with E-state index in [0.29, 0.717) is 6.61 Å². The average molecular weight is 395 g/mol. The Kier molecular flexibility index (Phi) is 14.8.